The summed E-state index contributed by atoms with van der Waals surface area (Å²) in [6.07, 6.45) is 5.21. The number of hydrogen-bond acceptors (Lipinski definition) is 1. The minimum absolute atomic E-state index is 0.174. The van der Waals surface area contributed by atoms with Crippen molar-refractivity contribution in [2.75, 3.05) is 0 Å². The average molecular weight is 333 g/mol. The second-order valence-electron chi connectivity index (χ2n) is 4.29. The second kappa shape index (κ2) is 4.98. The topological polar surface area (TPSA) is 26.0 Å². The van der Waals surface area contributed by atoms with E-state index in [9.17, 15) is 0 Å². The highest BCUT2D eigenvalue weighted by Crippen LogP contribution is 2.36. The lowest BCUT2D eigenvalue weighted by molar-refractivity contribution is 0.574. The molecular formula is C12H15Br2N. The number of halogens is 2. The smallest absolute Gasteiger partial charge is 0.0306 e. The van der Waals surface area contributed by atoms with E-state index < -0.39 is 0 Å². The molecule has 2 N–H and O–H groups in total. The summed E-state index contributed by atoms with van der Waals surface area (Å²) in [6, 6.07) is 6.39. The summed E-state index contributed by atoms with van der Waals surface area (Å²) in [5.74, 6) is 0.963. The maximum atomic E-state index is 6.18. The molecule has 0 bridgehead atoms. The molecule has 2 rings (SSSR count). The van der Waals surface area contributed by atoms with Crippen LogP contribution in [0.1, 0.15) is 37.3 Å². The van der Waals surface area contributed by atoms with Gasteiger partial charge in [0.1, 0.15) is 0 Å². The lowest BCUT2D eigenvalue weighted by Gasteiger charge is -2.13. The number of rotatable bonds is 4. The zero-order chi connectivity index (χ0) is 10.8. The maximum Gasteiger partial charge on any atom is 0.0306 e. The Labute approximate surface area is 108 Å². The lowest BCUT2D eigenvalue weighted by atomic mass is 10.0. The van der Waals surface area contributed by atoms with Gasteiger partial charge in [0, 0.05) is 15.0 Å². The van der Waals surface area contributed by atoms with Gasteiger partial charge in [0.25, 0.3) is 0 Å². The van der Waals surface area contributed by atoms with E-state index in [4.69, 9.17) is 5.73 Å². The van der Waals surface area contributed by atoms with Crippen molar-refractivity contribution in [3.05, 3.63) is 32.7 Å². The molecule has 0 aromatic heterocycles. The van der Waals surface area contributed by atoms with Gasteiger partial charge in [-0.15, -0.1) is 0 Å². The van der Waals surface area contributed by atoms with E-state index in [1.807, 2.05) is 0 Å². The van der Waals surface area contributed by atoms with Gasteiger partial charge in [-0.3, -0.25) is 0 Å². The van der Waals surface area contributed by atoms with E-state index in [0.29, 0.717) is 0 Å². The van der Waals surface area contributed by atoms with E-state index >= 15 is 0 Å². The number of benzene rings is 1. The van der Waals surface area contributed by atoms with E-state index in [-0.39, 0.29) is 6.04 Å². The van der Waals surface area contributed by atoms with Crippen LogP contribution in [0.4, 0.5) is 0 Å². The first kappa shape index (κ1) is 11.6. The molecule has 0 spiro atoms. The first-order chi connectivity index (χ1) is 7.16. The first-order valence-corrected chi connectivity index (χ1v) is 6.96. The Bertz CT molecular complexity index is 347. The van der Waals surface area contributed by atoms with Crippen molar-refractivity contribution in [3.8, 4) is 0 Å². The van der Waals surface area contributed by atoms with Crippen LogP contribution < -0.4 is 5.73 Å². The van der Waals surface area contributed by atoms with Crippen LogP contribution in [-0.2, 0) is 0 Å². The Kier molecular flexibility index (Phi) is 3.86. The fourth-order valence-electron chi connectivity index (χ4n) is 1.78. The standard InChI is InChI=1S/C12H15Br2N/c13-9-4-5-10(11(14)7-9)12(15)6-3-8-1-2-8/h4-5,7-8,12H,1-3,6,15H2. The van der Waals surface area contributed by atoms with Crippen molar-refractivity contribution in [2.45, 2.75) is 31.7 Å². The molecule has 1 aliphatic carbocycles. The van der Waals surface area contributed by atoms with Crippen LogP contribution in [0.5, 0.6) is 0 Å². The minimum atomic E-state index is 0.174. The Morgan fingerprint density at radius 3 is 2.67 bits per heavy atom. The SMILES string of the molecule is NC(CCC1CC1)c1ccc(Br)cc1Br. The van der Waals surface area contributed by atoms with Gasteiger partial charge in [0.05, 0.1) is 0 Å². The summed E-state index contributed by atoms with van der Waals surface area (Å²) >= 11 is 7.01. The molecule has 0 saturated heterocycles. The molecule has 3 heteroatoms. The molecule has 1 fully saturated rings. The zero-order valence-corrected chi connectivity index (χ0v) is 11.7. The molecule has 1 aromatic carbocycles. The molecule has 82 valence electrons. The molecule has 1 nitrogen and oxygen atoms in total. The Morgan fingerprint density at radius 1 is 1.33 bits per heavy atom. The van der Waals surface area contributed by atoms with Crippen LogP contribution in [0.15, 0.2) is 27.1 Å². The van der Waals surface area contributed by atoms with Gasteiger partial charge in [-0.1, -0.05) is 50.8 Å². The summed E-state index contributed by atoms with van der Waals surface area (Å²) in [7, 11) is 0. The predicted molar refractivity (Wildman–Crippen MR) is 70.7 cm³/mol. The fourth-order valence-corrected chi connectivity index (χ4v) is 3.12. The molecular weight excluding hydrogens is 318 g/mol. The summed E-state index contributed by atoms with van der Waals surface area (Å²) in [5, 5.41) is 0. The molecule has 0 amide bonds. The van der Waals surface area contributed by atoms with Gasteiger partial charge in [-0.05, 0) is 36.5 Å². The van der Waals surface area contributed by atoms with Crippen molar-refractivity contribution in [3.63, 3.8) is 0 Å². The number of nitrogens with two attached hydrogens (primary N) is 1. The van der Waals surface area contributed by atoms with Gasteiger partial charge in [-0.2, -0.15) is 0 Å². The van der Waals surface area contributed by atoms with Gasteiger partial charge < -0.3 is 5.73 Å². The molecule has 0 radical (unpaired) electrons. The van der Waals surface area contributed by atoms with Crippen molar-refractivity contribution in [1.29, 1.82) is 0 Å². The highest BCUT2D eigenvalue weighted by molar-refractivity contribution is 9.11. The Morgan fingerprint density at radius 2 is 2.07 bits per heavy atom. The molecule has 1 saturated carbocycles. The van der Waals surface area contributed by atoms with Crippen molar-refractivity contribution < 1.29 is 0 Å². The third-order valence-electron chi connectivity index (χ3n) is 2.94. The van der Waals surface area contributed by atoms with Crippen LogP contribution >= 0.6 is 31.9 Å². The highest BCUT2D eigenvalue weighted by atomic mass is 79.9. The van der Waals surface area contributed by atoms with Gasteiger partial charge in [0.15, 0.2) is 0 Å². The van der Waals surface area contributed by atoms with Crippen LogP contribution in [-0.4, -0.2) is 0 Å². The Balaban J connectivity index is 1.99. The average Bonchev–Trinajstić information content (AvgIpc) is 2.97. The fraction of sp³-hybridized carbons (Fsp3) is 0.500. The van der Waals surface area contributed by atoms with E-state index in [1.165, 1.54) is 24.8 Å². The maximum absolute atomic E-state index is 6.18. The molecule has 1 unspecified atom stereocenters. The molecule has 15 heavy (non-hydrogen) atoms. The Hall–Kier alpha value is 0.140. The summed E-state index contributed by atoms with van der Waals surface area (Å²) in [6.45, 7) is 0. The summed E-state index contributed by atoms with van der Waals surface area (Å²) < 4.78 is 2.20. The van der Waals surface area contributed by atoms with Gasteiger partial charge in [0.2, 0.25) is 0 Å². The minimum Gasteiger partial charge on any atom is -0.324 e. The molecule has 1 aromatic rings. The van der Waals surface area contributed by atoms with E-state index in [2.05, 4.69) is 50.1 Å². The van der Waals surface area contributed by atoms with Crippen molar-refractivity contribution in [1.82, 2.24) is 0 Å². The van der Waals surface area contributed by atoms with Crippen LogP contribution in [0.2, 0.25) is 0 Å². The van der Waals surface area contributed by atoms with Gasteiger partial charge in [-0.25, -0.2) is 0 Å². The summed E-state index contributed by atoms with van der Waals surface area (Å²) in [4.78, 5) is 0. The molecule has 1 aliphatic rings. The molecule has 1 atom stereocenters. The molecule has 0 heterocycles. The van der Waals surface area contributed by atoms with E-state index in [0.717, 1.165) is 21.3 Å². The predicted octanol–water partition coefficient (Wildman–Crippen LogP) is 4.40. The first-order valence-electron chi connectivity index (χ1n) is 5.37. The van der Waals surface area contributed by atoms with Crippen LogP contribution in [0.25, 0.3) is 0 Å². The van der Waals surface area contributed by atoms with Crippen LogP contribution in [0.3, 0.4) is 0 Å². The normalized spacial score (nSPS) is 17.8. The largest absolute Gasteiger partial charge is 0.324 e. The third-order valence-corrected chi connectivity index (χ3v) is 4.12. The van der Waals surface area contributed by atoms with Gasteiger partial charge >= 0.3 is 0 Å². The van der Waals surface area contributed by atoms with E-state index in [1.54, 1.807) is 0 Å². The summed E-state index contributed by atoms with van der Waals surface area (Å²) in [5.41, 5.74) is 7.40. The highest BCUT2D eigenvalue weighted by Gasteiger charge is 2.22. The molecule has 0 aliphatic heterocycles. The van der Waals surface area contributed by atoms with Crippen molar-refractivity contribution in [2.24, 2.45) is 11.7 Å². The third kappa shape index (κ3) is 3.30. The monoisotopic (exact) mass is 331 g/mol. The number of hydrogen-bond donors (Lipinski definition) is 1. The zero-order valence-electron chi connectivity index (χ0n) is 8.55. The lowest BCUT2D eigenvalue weighted by Crippen LogP contribution is -2.11. The quantitative estimate of drug-likeness (QED) is 0.868. The van der Waals surface area contributed by atoms with Crippen molar-refractivity contribution >= 4 is 31.9 Å². The van der Waals surface area contributed by atoms with Crippen LogP contribution in [0, 0.1) is 5.92 Å². The second-order valence-corrected chi connectivity index (χ2v) is 6.06.